The Labute approximate surface area is 186 Å². The number of unbranched alkanes of at least 4 members (excludes halogenated alkanes) is 6. The van der Waals surface area contributed by atoms with Gasteiger partial charge in [-0.05, 0) is 45.3 Å². The summed E-state index contributed by atoms with van der Waals surface area (Å²) in [6.45, 7) is 5.40. The first kappa shape index (κ1) is 28.9. The highest BCUT2D eigenvalue weighted by atomic mass is 32.2. The van der Waals surface area contributed by atoms with E-state index in [2.05, 4.69) is 6.92 Å². The van der Waals surface area contributed by atoms with Gasteiger partial charge in [-0.1, -0.05) is 45.4 Å². The third-order valence-corrected chi connectivity index (χ3v) is 6.28. The SMILES string of the molecule is CCCCCCCCC(CC(C)=O)OC(=O)CC(CCCCSC(C)C(=O)O)OC. The number of ketones is 1. The number of Topliss-reactive ketones (excluding diaryl/α,β-unsaturated/α-hetero) is 1. The molecule has 0 fully saturated rings. The number of rotatable bonds is 20. The zero-order chi connectivity index (χ0) is 22.8. The normalized spacial score (nSPS) is 14.1. The van der Waals surface area contributed by atoms with E-state index in [0.717, 1.165) is 44.3 Å². The standard InChI is InChI=1S/C23H42O6S/c1-5-6-7-8-9-10-14-21(16-18(2)24)29-22(25)17-20(28-4)13-11-12-15-30-19(3)23(26)27/h19-21H,5-17H2,1-4H3,(H,26,27). The van der Waals surface area contributed by atoms with Crippen molar-refractivity contribution >= 4 is 29.5 Å². The molecule has 0 spiro atoms. The fourth-order valence-corrected chi connectivity index (χ4v) is 4.07. The first-order chi connectivity index (χ1) is 14.3. The van der Waals surface area contributed by atoms with E-state index in [4.69, 9.17) is 14.6 Å². The molecular weight excluding hydrogens is 404 g/mol. The van der Waals surface area contributed by atoms with E-state index in [1.165, 1.54) is 44.4 Å². The van der Waals surface area contributed by atoms with E-state index in [1.807, 2.05) is 0 Å². The number of hydrogen-bond donors (Lipinski definition) is 1. The van der Waals surface area contributed by atoms with Crippen molar-refractivity contribution in [3.05, 3.63) is 0 Å². The Morgan fingerprint density at radius 1 is 0.900 bits per heavy atom. The highest BCUT2D eigenvalue weighted by Gasteiger charge is 2.20. The molecule has 0 aromatic rings. The van der Waals surface area contributed by atoms with Crippen LogP contribution in [0.15, 0.2) is 0 Å². The van der Waals surface area contributed by atoms with Gasteiger partial charge >= 0.3 is 11.9 Å². The number of hydrogen-bond acceptors (Lipinski definition) is 6. The van der Waals surface area contributed by atoms with Crippen molar-refractivity contribution in [2.45, 2.75) is 115 Å². The van der Waals surface area contributed by atoms with Gasteiger partial charge in [0, 0.05) is 13.5 Å². The van der Waals surface area contributed by atoms with Crippen LogP contribution in [-0.2, 0) is 23.9 Å². The van der Waals surface area contributed by atoms with Gasteiger partial charge in [-0.2, -0.15) is 0 Å². The molecule has 1 N–H and O–H groups in total. The van der Waals surface area contributed by atoms with Crippen LogP contribution in [-0.4, -0.2) is 53.1 Å². The number of thioether (sulfide) groups is 1. The van der Waals surface area contributed by atoms with E-state index in [1.54, 1.807) is 14.0 Å². The van der Waals surface area contributed by atoms with Crippen LogP contribution in [0.5, 0.6) is 0 Å². The monoisotopic (exact) mass is 446 g/mol. The number of carbonyl (C=O) groups excluding carboxylic acids is 2. The molecule has 0 saturated carbocycles. The first-order valence-electron chi connectivity index (χ1n) is 11.4. The van der Waals surface area contributed by atoms with Gasteiger partial charge in [0.05, 0.1) is 17.8 Å². The summed E-state index contributed by atoms with van der Waals surface area (Å²) < 4.78 is 11.0. The molecule has 0 saturated heterocycles. The fourth-order valence-electron chi connectivity index (χ4n) is 3.20. The van der Waals surface area contributed by atoms with E-state index in [-0.39, 0.29) is 36.8 Å². The third kappa shape index (κ3) is 16.7. The van der Waals surface area contributed by atoms with Crippen molar-refractivity contribution in [2.75, 3.05) is 12.9 Å². The van der Waals surface area contributed by atoms with Crippen LogP contribution in [0, 0.1) is 0 Å². The number of ether oxygens (including phenoxy) is 2. The first-order valence-corrected chi connectivity index (χ1v) is 12.4. The molecule has 30 heavy (non-hydrogen) atoms. The summed E-state index contributed by atoms with van der Waals surface area (Å²) in [4.78, 5) is 34.7. The van der Waals surface area contributed by atoms with Crippen molar-refractivity contribution in [1.29, 1.82) is 0 Å². The van der Waals surface area contributed by atoms with Gasteiger partial charge in [0.25, 0.3) is 0 Å². The van der Waals surface area contributed by atoms with Gasteiger partial charge < -0.3 is 14.6 Å². The van der Waals surface area contributed by atoms with E-state index < -0.39 is 11.2 Å². The Kier molecular flexibility index (Phi) is 18.0. The molecule has 0 radical (unpaired) electrons. The Hall–Kier alpha value is -1.08. The van der Waals surface area contributed by atoms with Crippen LogP contribution < -0.4 is 0 Å². The molecule has 3 atom stereocenters. The fraction of sp³-hybridized carbons (Fsp3) is 0.870. The molecule has 0 aliphatic heterocycles. The van der Waals surface area contributed by atoms with Crippen molar-refractivity contribution in [3.63, 3.8) is 0 Å². The molecule has 176 valence electrons. The van der Waals surface area contributed by atoms with E-state index in [9.17, 15) is 14.4 Å². The minimum absolute atomic E-state index is 0.0372. The lowest BCUT2D eigenvalue weighted by atomic mass is 10.0. The molecule has 6 nitrogen and oxygen atoms in total. The minimum Gasteiger partial charge on any atom is -0.480 e. The van der Waals surface area contributed by atoms with Crippen LogP contribution in [0.3, 0.4) is 0 Å². The van der Waals surface area contributed by atoms with E-state index >= 15 is 0 Å². The van der Waals surface area contributed by atoms with Crippen LogP contribution >= 0.6 is 11.8 Å². The number of carbonyl (C=O) groups is 3. The summed E-state index contributed by atoms with van der Waals surface area (Å²) in [5, 5.41) is 8.48. The largest absolute Gasteiger partial charge is 0.480 e. The zero-order valence-electron chi connectivity index (χ0n) is 19.3. The van der Waals surface area contributed by atoms with Crippen molar-refractivity contribution in [2.24, 2.45) is 0 Å². The molecule has 3 unspecified atom stereocenters. The second-order valence-electron chi connectivity index (χ2n) is 7.98. The molecule has 0 aromatic heterocycles. The number of esters is 1. The molecule has 7 heteroatoms. The van der Waals surface area contributed by atoms with Crippen molar-refractivity contribution < 1.29 is 29.0 Å². The number of methoxy groups -OCH3 is 1. The lowest BCUT2D eigenvalue weighted by Gasteiger charge is -2.19. The van der Waals surface area contributed by atoms with Gasteiger partial charge in [0.2, 0.25) is 0 Å². The van der Waals surface area contributed by atoms with Gasteiger partial charge in [0.1, 0.15) is 11.9 Å². The quantitative estimate of drug-likeness (QED) is 0.197. The molecule has 0 heterocycles. The summed E-state index contributed by atoms with van der Waals surface area (Å²) in [5.41, 5.74) is 0. The Morgan fingerprint density at radius 3 is 2.10 bits per heavy atom. The number of carboxylic acid groups (broad SMARTS) is 1. The second kappa shape index (κ2) is 18.7. The maximum absolute atomic E-state index is 12.3. The zero-order valence-corrected chi connectivity index (χ0v) is 20.1. The summed E-state index contributed by atoms with van der Waals surface area (Å²) in [5.74, 6) is -0.297. The lowest BCUT2D eigenvalue weighted by Crippen LogP contribution is -2.25. The molecule has 0 amide bonds. The average Bonchev–Trinajstić information content (AvgIpc) is 2.68. The average molecular weight is 447 g/mol. The molecule has 0 aromatic carbocycles. The van der Waals surface area contributed by atoms with E-state index in [0.29, 0.717) is 0 Å². The Morgan fingerprint density at radius 2 is 1.50 bits per heavy atom. The summed E-state index contributed by atoms with van der Waals surface area (Å²) in [7, 11) is 1.59. The maximum Gasteiger partial charge on any atom is 0.316 e. The number of carboxylic acids is 1. The predicted octanol–water partition coefficient (Wildman–Crippen LogP) is 5.41. The maximum atomic E-state index is 12.3. The molecule has 0 bridgehead atoms. The Bertz CT molecular complexity index is 482. The van der Waals surface area contributed by atoms with Crippen LogP contribution in [0.1, 0.15) is 97.8 Å². The lowest BCUT2D eigenvalue weighted by molar-refractivity contribution is -0.153. The van der Waals surface area contributed by atoms with Crippen LogP contribution in [0.4, 0.5) is 0 Å². The minimum atomic E-state index is -0.793. The summed E-state index contributed by atoms with van der Waals surface area (Å²) in [6.07, 6.45) is 10.0. The number of aliphatic carboxylic acids is 1. The van der Waals surface area contributed by atoms with Gasteiger partial charge in [0.15, 0.2) is 0 Å². The second-order valence-corrected chi connectivity index (χ2v) is 9.43. The predicted molar refractivity (Wildman–Crippen MR) is 122 cm³/mol. The smallest absolute Gasteiger partial charge is 0.316 e. The van der Waals surface area contributed by atoms with Gasteiger partial charge in [-0.3, -0.25) is 14.4 Å². The molecule has 0 aliphatic carbocycles. The molecular formula is C23H42O6S. The van der Waals surface area contributed by atoms with Crippen LogP contribution in [0.25, 0.3) is 0 Å². The topological polar surface area (TPSA) is 89.9 Å². The molecule has 0 rings (SSSR count). The van der Waals surface area contributed by atoms with Crippen LogP contribution in [0.2, 0.25) is 0 Å². The van der Waals surface area contributed by atoms with Crippen molar-refractivity contribution in [3.8, 4) is 0 Å². The van der Waals surface area contributed by atoms with Gasteiger partial charge in [-0.15, -0.1) is 11.8 Å². The van der Waals surface area contributed by atoms with Gasteiger partial charge in [-0.25, -0.2) is 0 Å². The highest BCUT2D eigenvalue weighted by molar-refractivity contribution is 8.00. The summed E-state index contributed by atoms with van der Waals surface area (Å²) >= 11 is 1.42. The highest BCUT2D eigenvalue weighted by Crippen LogP contribution is 2.18. The molecule has 0 aliphatic rings. The summed E-state index contributed by atoms with van der Waals surface area (Å²) in [6, 6.07) is 0. The van der Waals surface area contributed by atoms with Crippen molar-refractivity contribution in [1.82, 2.24) is 0 Å². The Balaban J connectivity index is 4.21. The third-order valence-electron chi connectivity index (χ3n) is 5.06.